The quantitative estimate of drug-likeness (QED) is 0.659. The number of hydrogen-bond donors (Lipinski definition) is 2. The van der Waals surface area contributed by atoms with E-state index < -0.39 is 0 Å². The molecule has 0 unspecified atom stereocenters. The van der Waals surface area contributed by atoms with Crippen molar-refractivity contribution in [1.29, 1.82) is 0 Å². The van der Waals surface area contributed by atoms with Crippen LogP contribution in [0.1, 0.15) is 17.7 Å². The minimum Gasteiger partial charge on any atom is -0.308 e. The lowest BCUT2D eigenvalue weighted by molar-refractivity contribution is 0.900. The van der Waals surface area contributed by atoms with Crippen molar-refractivity contribution in [3.05, 3.63) is 39.5 Å². The number of aryl methyl sites for hydroxylation is 1. The van der Waals surface area contributed by atoms with Crippen molar-refractivity contribution < 1.29 is 0 Å². The molecule has 2 aromatic rings. The lowest BCUT2D eigenvalue weighted by Crippen LogP contribution is -2.12. The van der Waals surface area contributed by atoms with Crippen LogP contribution in [-0.2, 0) is 12.8 Å². The van der Waals surface area contributed by atoms with Crippen molar-refractivity contribution in [3.8, 4) is 11.4 Å². The van der Waals surface area contributed by atoms with Crippen molar-refractivity contribution in [1.82, 2.24) is 9.97 Å². The van der Waals surface area contributed by atoms with E-state index in [0.717, 1.165) is 36.1 Å². The van der Waals surface area contributed by atoms with Crippen LogP contribution in [0.2, 0.25) is 10.0 Å². The van der Waals surface area contributed by atoms with Crippen LogP contribution >= 0.6 is 23.2 Å². The summed E-state index contributed by atoms with van der Waals surface area (Å²) in [5, 5.41) is 1.18. The molecule has 0 atom stereocenters. The third-order valence-electron chi connectivity index (χ3n) is 3.24. The van der Waals surface area contributed by atoms with Gasteiger partial charge in [0.25, 0.3) is 0 Å². The van der Waals surface area contributed by atoms with E-state index in [4.69, 9.17) is 29.0 Å². The van der Waals surface area contributed by atoms with E-state index >= 15 is 0 Å². The number of aromatic nitrogens is 2. The van der Waals surface area contributed by atoms with Gasteiger partial charge in [-0.25, -0.2) is 15.8 Å². The summed E-state index contributed by atoms with van der Waals surface area (Å²) in [6, 6.07) is 5.25. The molecule has 0 fully saturated rings. The molecule has 0 amide bonds. The number of hydrogen-bond acceptors (Lipinski definition) is 4. The van der Waals surface area contributed by atoms with Crippen LogP contribution in [0.25, 0.3) is 11.4 Å². The van der Waals surface area contributed by atoms with Crippen molar-refractivity contribution in [3.63, 3.8) is 0 Å². The second-order valence-corrected chi connectivity index (χ2v) is 5.29. The molecule has 1 aromatic heterocycles. The second-order valence-electron chi connectivity index (χ2n) is 4.44. The van der Waals surface area contributed by atoms with Gasteiger partial charge in [0.05, 0.1) is 5.02 Å². The number of halogens is 2. The van der Waals surface area contributed by atoms with Crippen LogP contribution in [0, 0.1) is 0 Å². The lowest BCUT2D eigenvalue weighted by Gasteiger charge is -2.10. The number of benzene rings is 1. The molecule has 98 valence electrons. The van der Waals surface area contributed by atoms with E-state index in [2.05, 4.69) is 15.4 Å². The Hall–Kier alpha value is -1.36. The number of nitrogens with two attached hydrogens (primary N) is 1. The summed E-state index contributed by atoms with van der Waals surface area (Å²) >= 11 is 12.2. The fourth-order valence-corrected chi connectivity index (χ4v) is 2.72. The highest BCUT2D eigenvalue weighted by molar-refractivity contribution is 6.35. The highest BCUT2D eigenvalue weighted by atomic mass is 35.5. The predicted octanol–water partition coefficient (Wildman–Crippen LogP) is 3.22. The van der Waals surface area contributed by atoms with Gasteiger partial charge in [-0.05, 0) is 37.5 Å². The lowest BCUT2D eigenvalue weighted by atomic mass is 10.2. The summed E-state index contributed by atoms with van der Waals surface area (Å²) < 4.78 is 0. The van der Waals surface area contributed by atoms with Gasteiger partial charge in [0.15, 0.2) is 5.82 Å². The standard InChI is InChI=1S/C13H12Cl2N4/c14-7-4-5-10(15)9(6-7)12-17-11-3-1-2-8(11)13(18-12)19-16/h4-6H,1-3,16H2,(H,17,18,19). The Labute approximate surface area is 120 Å². The van der Waals surface area contributed by atoms with Crippen molar-refractivity contribution >= 4 is 29.0 Å². The monoisotopic (exact) mass is 294 g/mol. The molecule has 0 saturated carbocycles. The topological polar surface area (TPSA) is 63.8 Å². The molecule has 3 rings (SSSR count). The largest absolute Gasteiger partial charge is 0.308 e. The van der Waals surface area contributed by atoms with Gasteiger partial charge in [-0.2, -0.15) is 0 Å². The summed E-state index contributed by atoms with van der Waals surface area (Å²) in [7, 11) is 0. The van der Waals surface area contributed by atoms with Crippen molar-refractivity contribution in [2.24, 2.45) is 5.84 Å². The number of hydrazine groups is 1. The normalized spacial score (nSPS) is 13.4. The van der Waals surface area contributed by atoms with Gasteiger partial charge in [0.1, 0.15) is 5.82 Å². The first-order valence-electron chi connectivity index (χ1n) is 6.01. The average Bonchev–Trinajstić information content (AvgIpc) is 2.88. The van der Waals surface area contributed by atoms with E-state index in [-0.39, 0.29) is 0 Å². The molecule has 0 aliphatic heterocycles. The van der Waals surface area contributed by atoms with E-state index in [9.17, 15) is 0 Å². The first-order valence-corrected chi connectivity index (χ1v) is 6.76. The zero-order valence-corrected chi connectivity index (χ0v) is 11.6. The van der Waals surface area contributed by atoms with Gasteiger partial charge in [-0.1, -0.05) is 23.2 Å². The van der Waals surface area contributed by atoms with Crippen molar-refractivity contribution in [2.75, 3.05) is 5.43 Å². The van der Waals surface area contributed by atoms with Gasteiger partial charge in [-0.15, -0.1) is 0 Å². The van der Waals surface area contributed by atoms with Gasteiger partial charge >= 0.3 is 0 Å². The zero-order chi connectivity index (χ0) is 13.4. The number of anilines is 1. The Balaban J connectivity index is 2.18. The number of nitrogens with zero attached hydrogens (tertiary/aromatic N) is 2. The number of fused-ring (bicyclic) bond motifs is 1. The number of nitrogens with one attached hydrogen (secondary N) is 1. The molecule has 3 N–H and O–H groups in total. The van der Waals surface area contributed by atoms with Gasteiger partial charge in [-0.3, -0.25) is 0 Å². The van der Waals surface area contributed by atoms with Crippen LogP contribution in [0.3, 0.4) is 0 Å². The molecular formula is C13H12Cl2N4. The van der Waals surface area contributed by atoms with Crippen LogP contribution in [0.15, 0.2) is 18.2 Å². The maximum Gasteiger partial charge on any atom is 0.163 e. The molecular weight excluding hydrogens is 283 g/mol. The van der Waals surface area contributed by atoms with E-state index in [0.29, 0.717) is 21.7 Å². The van der Waals surface area contributed by atoms with Crippen LogP contribution in [0.4, 0.5) is 5.82 Å². The highest BCUT2D eigenvalue weighted by Crippen LogP contribution is 2.32. The minimum absolute atomic E-state index is 0.557. The minimum atomic E-state index is 0.557. The average molecular weight is 295 g/mol. The van der Waals surface area contributed by atoms with Crippen LogP contribution < -0.4 is 11.3 Å². The second kappa shape index (κ2) is 4.96. The highest BCUT2D eigenvalue weighted by Gasteiger charge is 2.20. The summed E-state index contributed by atoms with van der Waals surface area (Å²) in [5.41, 5.74) is 5.50. The van der Waals surface area contributed by atoms with Crippen molar-refractivity contribution in [2.45, 2.75) is 19.3 Å². The summed E-state index contributed by atoms with van der Waals surface area (Å²) in [5.74, 6) is 6.77. The smallest absolute Gasteiger partial charge is 0.163 e. The molecule has 0 saturated heterocycles. The maximum atomic E-state index is 6.19. The summed E-state index contributed by atoms with van der Waals surface area (Å²) in [6.07, 6.45) is 2.97. The SMILES string of the molecule is NNc1nc(-c2cc(Cl)ccc2Cl)nc2c1CCC2. The molecule has 1 aromatic carbocycles. The first-order chi connectivity index (χ1) is 9.19. The molecule has 0 radical (unpaired) electrons. The Morgan fingerprint density at radius 3 is 2.79 bits per heavy atom. The Bertz CT molecular complexity index is 643. The van der Waals surface area contributed by atoms with Crippen LogP contribution in [-0.4, -0.2) is 9.97 Å². The zero-order valence-electron chi connectivity index (χ0n) is 10.1. The molecule has 1 heterocycles. The Morgan fingerprint density at radius 1 is 1.16 bits per heavy atom. The molecule has 0 bridgehead atoms. The van der Waals surface area contributed by atoms with E-state index in [1.165, 1.54) is 0 Å². The predicted molar refractivity (Wildman–Crippen MR) is 77.3 cm³/mol. The molecule has 19 heavy (non-hydrogen) atoms. The number of rotatable bonds is 2. The fraction of sp³-hybridized carbons (Fsp3) is 0.231. The number of nitrogen functional groups attached to an aromatic ring is 1. The molecule has 0 spiro atoms. The summed E-state index contributed by atoms with van der Waals surface area (Å²) in [6.45, 7) is 0. The third-order valence-corrected chi connectivity index (χ3v) is 3.80. The van der Waals surface area contributed by atoms with Gasteiger partial charge in [0, 0.05) is 21.8 Å². The van der Waals surface area contributed by atoms with Gasteiger partial charge < -0.3 is 5.43 Å². The summed E-state index contributed by atoms with van der Waals surface area (Å²) in [4.78, 5) is 9.03. The fourth-order valence-electron chi connectivity index (χ4n) is 2.34. The molecule has 1 aliphatic carbocycles. The van der Waals surface area contributed by atoms with Gasteiger partial charge in [0.2, 0.25) is 0 Å². The first kappa shape index (κ1) is 12.7. The molecule has 4 nitrogen and oxygen atoms in total. The third kappa shape index (κ3) is 2.27. The van der Waals surface area contributed by atoms with Crippen LogP contribution in [0.5, 0.6) is 0 Å². The molecule has 1 aliphatic rings. The Kier molecular flexibility index (Phi) is 3.31. The van der Waals surface area contributed by atoms with E-state index in [1.807, 2.05) is 0 Å². The maximum absolute atomic E-state index is 6.19. The molecule has 6 heteroatoms. The Morgan fingerprint density at radius 2 is 2.00 bits per heavy atom. The van der Waals surface area contributed by atoms with E-state index in [1.54, 1.807) is 18.2 Å².